The third kappa shape index (κ3) is 1.95. The lowest BCUT2D eigenvalue weighted by Gasteiger charge is -2.28. The van der Waals surface area contributed by atoms with Crippen LogP contribution in [0.4, 0.5) is 0 Å². The van der Waals surface area contributed by atoms with Crippen molar-refractivity contribution >= 4 is 0 Å². The molecule has 3 heterocycles. The summed E-state index contributed by atoms with van der Waals surface area (Å²) in [6.07, 6.45) is 1.42. The summed E-state index contributed by atoms with van der Waals surface area (Å²) in [6.45, 7) is 9.35. The third-order valence-electron chi connectivity index (χ3n) is 4.02. The summed E-state index contributed by atoms with van der Waals surface area (Å²) in [7, 11) is 0. The number of rotatable bonds is 2. The van der Waals surface area contributed by atoms with Crippen LogP contribution in [0.1, 0.15) is 50.8 Å². The molecule has 0 aliphatic carbocycles. The Morgan fingerprint density at radius 2 is 2.11 bits per heavy atom. The summed E-state index contributed by atoms with van der Waals surface area (Å²) in [5.74, 6) is 3.19. The van der Waals surface area contributed by atoms with Crippen molar-refractivity contribution in [3.63, 3.8) is 0 Å². The summed E-state index contributed by atoms with van der Waals surface area (Å²) < 4.78 is 7.97. The van der Waals surface area contributed by atoms with Crippen LogP contribution in [0.2, 0.25) is 0 Å². The van der Waals surface area contributed by atoms with Gasteiger partial charge in [-0.3, -0.25) is 0 Å². The normalized spacial score (nSPS) is 31.9. The molecular formula is C13H22N4O. The highest BCUT2D eigenvalue weighted by atomic mass is 16.5. The van der Waals surface area contributed by atoms with Crippen LogP contribution >= 0.6 is 0 Å². The number of hydrogen-bond donors (Lipinski definition) is 1. The van der Waals surface area contributed by atoms with Gasteiger partial charge in [-0.15, -0.1) is 10.2 Å². The van der Waals surface area contributed by atoms with Gasteiger partial charge in [0.2, 0.25) is 0 Å². The quantitative estimate of drug-likeness (QED) is 0.863. The molecule has 1 aromatic heterocycles. The van der Waals surface area contributed by atoms with E-state index in [0.717, 1.165) is 37.8 Å². The topological polar surface area (TPSA) is 52.0 Å². The summed E-state index contributed by atoms with van der Waals surface area (Å²) in [5, 5.41) is 12.4. The fourth-order valence-corrected chi connectivity index (χ4v) is 3.04. The molecule has 3 atom stereocenters. The third-order valence-corrected chi connectivity index (χ3v) is 4.02. The van der Waals surface area contributed by atoms with E-state index in [1.807, 2.05) is 0 Å². The summed E-state index contributed by atoms with van der Waals surface area (Å²) in [4.78, 5) is 0. The molecule has 0 bridgehead atoms. The predicted molar refractivity (Wildman–Crippen MR) is 68.4 cm³/mol. The van der Waals surface area contributed by atoms with Crippen molar-refractivity contribution in [2.75, 3.05) is 13.2 Å². The Hall–Kier alpha value is -0.940. The van der Waals surface area contributed by atoms with Gasteiger partial charge >= 0.3 is 0 Å². The van der Waals surface area contributed by atoms with Crippen molar-refractivity contribution < 1.29 is 4.74 Å². The first-order valence-corrected chi connectivity index (χ1v) is 6.94. The molecule has 0 radical (unpaired) electrons. The molecule has 0 saturated carbocycles. The van der Waals surface area contributed by atoms with E-state index in [1.165, 1.54) is 0 Å². The summed E-state index contributed by atoms with van der Waals surface area (Å²) in [5.41, 5.74) is 0. The van der Waals surface area contributed by atoms with Gasteiger partial charge in [0.15, 0.2) is 5.82 Å². The van der Waals surface area contributed by atoms with Gasteiger partial charge in [-0.05, 0) is 19.3 Å². The molecule has 5 heteroatoms. The zero-order valence-electron chi connectivity index (χ0n) is 11.4. The van der Waals surface area contributed by atoms with Crippen LogP contribution in [0, 0.1) is 5.92 Å². The fraction of sp³-hybridized carbons (Fsp3) is 0.846. The van der Waals surface area contributed by atoms with E-state index in [0.29, 0.717) is 24.0 Å². The van der Waals surface area contributed by atoms with Gasteiger partial charge in [0.05, 0.1) is 18.8 Å². The van der Waals surface area contributed by atoms with Crippen LogP contribution in [0.3, 0.4) is 0 Å². The molecule has 0 aromatic carbocycles. The molecular weight excluding hydrogens is 228 g/mol. The molecule has 5 nitrogen and oxygen atoms in total. The first-order chi connectivity index (χ1) is 8.66. The van der Waals surface area contributed by atoms with Crippen molar-refractivity contribution in [3.8, 4) is 0 Å². The van der Waals surface area contributed by atoms with E-state index in [2.05, 4.69) is 40.9 Å². The highest BCUT2D eigenvalue weighted by Gasteiger charge is 2.32. The van der Waals surface area contributed by atoms with E-state index < -0.39 is 0 Å². The average molecular weight is 250 g/mol. The molecule has 1 fully saturated rings. The van der Waals surface area contributed by atoms with E-state index in [-0.39, 0.29) is 0 Å². The van der Waals surface area contributed by atoms with Gasteiger partial charge in [-0.1, -0.05) is 13.8 Å². The average Bonchev–Trinajstić information content (AvgIpc) is 2.93. The molecule has 100 valence electrons. The van der Waals surface area contributed by atoms with Crippen LogP contribution in [0.25, 0.3) is 0 Å². The van der Waals surface area contributed by atoms with Crippen LogP contribution < -0.4 is 5.32 Å². The van der Waals surface area contributed by atoms with Crippen molar-refractivity contribution in [1.82, 2.24) is 20.1 Å². The van der Waals surface area contributed by atoms with Gasteiger partial charge < -0.3 is 14.6 Å². The SMILES string of the molecule is CC1CC(c2nnc3n2CCNC3C(C)C)CO1. The highest BCUT2D eigenvalue weighted by Crippen LogP contribution is 2.31. The van der Waals surface area contributed by atoms with Crippen molar-refractivity contribution in [2.45, 2.75) is 51.8 Å². The maximum atomic E-state index is 5.66. The second kappa shape index (κ2) is 4.63. The maximum Gasteiger partial charge on any atom is 0.150 e. The molecule has 0 amide bonds. The first-order valence-electron chi connectivity index (χ1n) is 6.94. The number of fused-ring (bicyclic) bond motifs is 1. The molecule has 3 rings (SSSR count). The minimum absolute atomic E-state index is 0.333. The lowest BCUT2D eigenvalue weighted by Crippen LogP contribution is -2.37. The van der Waals surface area contributed by atoms with Crippen LogP contribution in [-0.4, -0.2) is 34.0 Å². The first kappa shape index (κ1) is 12.1. The minimum atomic E-state index is 0.333. The monoisotopic (exact) mass is 250 g/mol. The van der Waals surface area contributed by atoms with E-state index in [9.17, 15) is 0 Å². The molecule has 1 aromatic rings. The minimum Gasteiger partial charge on any atom is -0.378 e. The Morgan fingerprint density at radius 3 is 2.78 bits per heavy atom. The zero-order chi connectivity index (χ0) is 12.7. The van der Waals surface area contributed by atoms with Gasteiger partial charge in [0, 0.05) is 19.0 Å². The summed E-state index contributed by atoms with van der Waals surface area (Å²) >= 11 is 0. The van der Waals surface area contributed by atoms with Gasteiger partial charge in [0.1, 0.15) is 5.82 Å². The van der Waals surface area contributed by atoms with Gasteiger partial charge in [0.25, 0.3) is 0 Å². The lowest BCUT2D eigenvalue weighted by atomic mass is 10.0. The van der Waals surface area contributed by atoms with Crippen LogP contribution in [0.5, 0.6) is 0 Å². The van der Waals surface area contributed by atoms with Gasteiger partial charge in [-0.2, -0.15) is 0 Å². The second-order valence-electron chi connectivity index (χ2n) is 5.82. The Kier molecular flexibility index (Phi) is 3.11. The number of ether oxygens (including phenoxy) is 1. The van der Waals surface area contributed by atoms with Crippen molar-refractivity contribution in [3.05, 3.63) is 11.6 Å². The number of aromatic nitrogens is 3. The zero-order valence-corrected chi connectivity index (χ0v) is 11.4. The largest absolute Gasteiger partial charge is 0.378 e. The standard InChI is InChI=1S/C13H22N4O/c1-8(2)11-13-16-15-12(17(13)5-4-14-11)10-6-9(3)18-7-10/h8-11,14H,4-7H2,1-3H3. The molecule has 0 spiro atoms. The Labute approximate surface area is 108 Å². The summed E-state index contributed by atoms with van der Waals surface area (Å²) in [6, 6.07) is 0.333. The molecule has 3 unspecified atom stereocenters. The van der Waals surface area contributed by atoms with Gasteiger partial charge in [-0.25, -0.2) is 0 Å². The van der Waals surface area contributed by atoms with E-state index in [1.54, 1.807) is 0 Å². The number of hydrogen-bond acceptors (Lipinski definition) is 4. The number of nitrogens with zero attached hydrogens (tertiary/aromatic N) is 3. The molecule has 2 aliphatic rings. The van der Waals surface area contributed by atoms with Crippen molar-refractivity contribution in [1.29, 1.82) is 0 Å². The highest BCUT2D eigenvalue weighted by molar-refractivity contribution is 5.10. The molecule has 18 heavy (non-hydrogen) atoms. The lowest BCUT2D eigenvalue weighted by molar-refractivity contribution is 0.123. The fourth-order valence-electron chi connectivity index (χ4n) is 3.04. The van der Waals surface area contributed by atoms with E-state index >= 15 is 0 Å². The predicted octanol–water partition coefficient (Wildman–Crippen LogP) is 1.47. The molecule has 1 saturated heterocycles. The molecule has 2 aliphatic heterocycles. The van der Waals surface area contributed by atoms with E-state index in [4.69, 9.17) is 4.74 Å². The Bertz CT molecular complexity index is 429. The van der Waals surface area contributed by atoms with Crippen LogP contribution in [0.15, 0.2) is 0 Å². The Morgan fingerprint density at radius 1 is 1.33 bits per heavy atom. The molecule has 1 N–H and O–H groups in total. The van der Waals surface area contributed by atoms with Crippen molar-refractivity contribution in [2.24, 2.45) is 5.92 Å². The Balaban J connectivity index is 1.90. The smallest absolute Gasteiger partial charge is 0.150 e. The number of nitrogens with one attached hydrogen (secondary N) is 1. The maximum absolute atomic E-state index is 5.66. The second-order valence-corrected chi connectivity index (χ2v) is 5.82. The van der Waals surface area contributed by atoms with Crippen LogP contribution in [-0.2, 0) is 11.3 Å².